The Morgan fingerprint density at radius 2 is 2.11 bits per heavy atom. The zero-order valence-electron chi connectivity index (χ0n) is 10.9. The smallest absolute Gasteiger partial charge is 0.0995 e. The van der Waals surface area contributed by atoms with Crippen LogP contribution in [-0.4, -0.2) is 15.1 Å². The number of imidazole rings is 1. The third-order valence-corrected chi connectivity index (χ3v) is 2.78. The van der Waals surface area contributed by atoms with Crippen LogP contribution >= 0.6 is 11.6 Å². The van der Waals surface area contributed by atoms with Crippen LogP contribution in [0, 0.1) is 0 Å². The molecule has 0 aliphatic carbocycles. The van der Waals surface area contributed by atoms with Crippen LogP contribution in [0.3, 0.4) is 0 Å². The minimum Gasteiger partial charge on any atom is -0.306 e. The average molecular weight is 264 g/mol. The molecule has 2 rings (SSSR count). The van der Waals surface area contributed by atoms with Crippen molar-refractivity contribution in [1.82, 2.24) is 14.9 Å². The molecule has 0 spiro atoms. The second-order valence-corrected chi connectivity index (χ2v) is 5.79. The molecule has 0 saturated carbocycles. The van der Waals surface area contributed by atoms with E-state index in [2.05, 4.69) is 31.1 Å². The molecule has 1 aromatic carbocycles. The predicted molar refractivity (Wildman–Crippen MR) is 75.2 cm³/mol. The summed E-state index contributed by atoms with van der Waals surface area (Å²) in [4.78, 5) is 4.38. The lowest BCUT2D eigenvalue weighted by Gasteiger charge is -2.19. The van der Waals surface area contributed by atoms with Crippen molar-refractivity contribution in [3.63, 3.8) is 0 Å². The molecule has 1 aromatic heterocycles. The summed E-state index contributed by atoms with van der Waals surface area (Å²) in [6, 6.07) is 7.73. The lowest BCUT2D eigenvalue weighted by molar-refractivity contribution is 0.421. The quantitative estimate of drug-likeness (QED) is 0.920. The molecule has 0 atom stereocenters. The van der Waals surface area contributed by atoms with E-state index in [1.807, 2.05) is 41.4 Å². The van der Waals surface area contributed by atoms with E-state index in [9.17, 15) is 0 Å². The molecule has 4 heteroatoms. The number of nitrogens with one attached hydrogen (secondary N) is 1. The van der Waals surface area contributed by atoms with Gasteiger partial charge in [-0.05, 0) is 39.0 Å². The van der Waals surface area contributed by atoms with Gasteiger partial charge < -0.3 is 9.88 Å². The number of nitrogens with zero attached hydrogens (tertiary/aromatic N) is 2. The second-order valence-electron chi connectivity index (χ2n) is 5.36. The van der Waals surface area contributed by atoms with Gasteiger partial charge in [-0.25, -0.2) is 4.98 Å². The molecule has 0 bridgehead atoms. The highest BCUT2D eigenvalue weighted by Crippen LogP contribution is 2.15. The van der Waals surface area contributed by atoms with Crippen LogP contribution in [0.2, 0.25) is 5.02 Å². The Balaban J connectivity index is 2.11. The fourth-order valence-corrected chi connectivity index (χ4v) is 1.77. The van der Waals surface area contributed by atoms with Gasteiger partial charge in [0.2, 0.25) is 0 Å². The first-order chi connectivity index (χ1) is 8.44. The summed E-state index contributed by atoms with van der Waals surface area (Å²) in [7, 11) is 0. The van der Waals surface area contributed by atoms with Crippen molar-refractivity contribution >= 4 is 11.6 Å². The summed E-state index contributed by atoms with van der Waals surface area (Å²) in [6.07, 6.45) is 3.83. The number of hydrogen-bond acceptors (Lipinski definition) is 2. The summed E-state index contributed by atoms with van der Waals surface area (Å²) < 4.78 is 1.98. The highest BCUT2D eigenvalue weighted by Gasteiger charge is 2.09. The first kappa shape index (κ1) is 13.1. The standard InChI is InChI=1S/C14H18ClN3/c1-14(2,3)17-8-12-9-18(10-16-12)13-6-4-5-11(15)7-13/h4-7,9-10,17H,8H2,1-3H3. The maximum atomic E-state index is 5.98. The van der Waals surface area contributed by atoms with E-state index >= 15 is 0 Å². The number of aromatic nitrogens is 2. The third kappa shape index (κ3) is 3.59. The van der Waals surface area contributed by atoms with Crippen molar-refractivity contribution in [3.8, 4) is 5.69 Å². The zero-order valence-corrected chi connectivity index (χ0v) is 11.7. The van der Waals surface area contributed by atoms with Crippen LogP contribution in [0.5, 0.6) is 0 Å². The Morgan fingerprint density at radius 3 is 2.78 bits per heavy atom. The molecule has 18 heavy (non-hydrogen) atoms. The summed E-state index contributed by atoms with van der Waals surface area (Å²) in [5, 5.41) is 4.14. The molecule has 0 saturated heterocycles. The Bertz CT molecular complexity index is 526. The minimum absolute atomic E-state index is 0.0971. The second kappa shape index (κ2) is 5.12. The predicted octanol–water partition coefficient (Wildman–Crippen LogP) is 3.41. The molecule has 1 heterocycles. The Morgan fingerprint density at radius 1 is 1.33 bits per heavy atom. The first-order valence-corrected chi connectivity index (χ1v) is 6.36. The molecule has 2 aromatic rings. The van der Waals surface area contributed by atoms with E-state index in [0.29, 0.717) is 0 Å². The molecule has 96 valence electrons. The van der Waals surface area contributed by atoms with Crippen molar-refractivity contribution in [2.24, 2.45) is 0 Å². The van der Waals surface area contributed by atoms with E-state index < -0.39 is 0 Å². The summed E-state index contributed by atoms with van der Waals surface area (Å²) in [6.45, 7) is 7.18. The number of benzene rings is 1. The SMILES string of the molecule is CC(C)(C)NCc1cn(-c2cccc(Cl)c2)cn1. The molecule has 0 fully saturated rings. The minimum atomic E-state index is 0.0971. The highest BCUT2D eigenvalue weighted by atomic mass is 35.5. The van der Waals surface area contributed by atoms with Gasteiger partial charge >= 0.3 is 0 Å². The van der Waals surface area contributed by atoms with E-state index in [0.717, 1.165) is 22.9 Å². The molecule has 0 aliphatic heterocycles. The van der Waals surface area contributed by atoms with Gasteiger partial charge in [-0.15, -0.1) is 0 Å². The molecule has 0 radical (unpaired) electrons. The molecule has 0 amide bonds. The average Bonchev–Trinajstić information content (AvgIpc) is 2.74. The van der Waals surface area contributed by atoms with Crippen molar-refractivity contribution in [1.29, 1.82) is 0 Å². The maximum Gasteiger partial charge on any atom is 0.0995 e. The van der Waals surface area contributed by atoms with E-state index in [1.54, 1.807) is 0 Å². The maximum absolute atomic E-state index is 5.98. The van der Waals surface area contributed by atoms with Gasteiger partial charge in [-0.3, -0.25) is 0 Å². The molecular formula is C14H18ClN3. The fourth-order valence-electron chi connectivity index (χ4n) is 1.59. The van der Waals surface area contributed by atoms with E-state index in [1.165, 1.54) is 0 Å². The fraction of sp³-hybridized carbons (Fsp3) is 0.357. The van der Waals surface area contributed by atoms with Gasteiger partial charge in [0.1, 0.15) is 0 Å². The van der Waals surface area contributed by atoms with Gasteiger partial charge in [-0.2, -0.15) is 0 Å². The molecule has 1 N–H and O–H groups in total. The van der Waals surface area contributed by atoms with Crippen molar-refractivity contribution < 1.29 is 0 Å². The van der Waals surface area contributed by atoms with Crippen molar-refractivity contribution in [2.75, 3.05) is 0 Å². The van der Waals surface area contributed by atoms with E-state index in [4.69, 9.17) is 11.6 Å². The third-order valence-electron chi connectivity index (χ3n) is 2.54. The normalized spacial score (nSPS) is 11.8. The Kier molecular flexibility index (Phi) is 3.73. The largest absolute Gasteiger partial charge is 0.306 e. The zero-order chi connectivity index (χ0) is 13.2. The summed E-state index contributed by atoms with van der Waals surface area (Å²) in [5.41, 5.74) is 2.14. The van der Waals surface area contributed by atoms with Crippen LogP contribution in [-0.2, 0) is 6.54 Å². The molecule has 0 aliphatic rings. The van der Waals surface area contributed by atoms with Crippen LogP contribution < -0.4 is 5.32 Å². The van der Waals surface area contributed by atoms with Crippen molar-refractivity contribution in [2.45, 2.75) is 32.9 Å². The van der Waals surface area contributed by atoms with Gasteiger partial charge in [0.05, 0.1) is 12.0 Å². The topological polar surface area (TPSA) is 29.9 Å². The number of halogens is 1. The van der Waals surface area contributed by atoms with Crippen LogP contribution in [0.25, 0.3) is 5.69 Å². The van der Waals surface area contributed by atoms with Crippen molar-refractivity contribution in [3.05, 3.63) is 47.5 Å². The first-order valence-electron chi connectivity index (χ1n) is 5.98. The number of hydrogen-bond donors (Lipinski definition) is 1. The van der Waals surface area contributed by atoms with Crippen LogP contribution in [0.15, 0.2) is 36.8 Å². The Hall–Kier alpha value is -1.32. The lowest BCUT2D eigenvalue weighted by Crippen LogP contribution is -2.35. The Labute approximate surface area is 113 Å². The monoisotopic (exact) mass is 263 g/mol. The lowest BCUT2D eigenvalue weighted by atomic mass is 10.1. The van der Waals surface area contributed by atoms with Crippen LogP contribution in [0.4, 0.5) is 0 Å². The number of rotatable bonds is 3. The van der Waals surface area contributed by atoms with Crippen LogP contribution in [0.1, 0.15) is 26.5 Å². The van der Waals surface area contributed by atoms with E-state index in [-0.39, 0.29) is 5.54 Å². The van der Waals surface area contributed by atoms with Gasteiger partial charge in [0.15, 0.2) is 0 Å². The molecule has 3 nitrogen and oxygen atoms in total. The summed E-state index contributed by atoms with van der Waals surface area (Å²) >= 11 is 5.98. The molecule has 0 unspecified atom stereocenters. The van der Waals surface area contributed by atoms with Gasteiger partial charge in [0.25, 0.3) is 0 Å². The summed E-state index contributed by atoms with van der Waals surface area (Å²) in [5.74, 6) is 0. The van der Waals surface area contributed by atoms with Gasteiger partial charge in [-0.1, -0.05) is 17.7 Å². The molecular weight excluding hydrogens is 246 g/mol. The highest BCUT2D eigenvalue weighted by molar-refractivity contribution is 6.30. The van der Waals surface area contributed by atoms with Gasteiger partial charge in [0, 0.05) is 29.0 Å².